The van der Waals surface area contributed by atoms with Crippen LogP contribution in [0, 0.1) is 0 Å². The topological polar surface area (TPSA) is 12.5 Å². The summed E-state index contributed by atoms with van der Waals surface area (Å²) in [6.07, 6.45) is 1.78. The number of halogens is 1. The summed E-state index contributed by atoms with van der Waals surface area (Å²) < 4.78 is 5.21. The molecule has 1 aliphatic rings. The second kappa shape index (κ2) is 4.53. The molecule has 0 bridgehead atoms. The second-order valence-corrected chi connectivity index (χ2v) is 3.14. The van der Waals surface area contributed by atoms with Gasteiger partial charge in [-0.2, -0.15) is 0 Å². The van der Waals surface area contributed by atoms with E-state index < -0.39 is 0 Å². The third-order valence-corrected chi connectivity index (χ3v) is 2.46. The summed E-state index contributed by atoms with van der Waals surface area (Å²) in [5, 5.41) is 0.799. The zero-order chi connectivity index (χ0) is 8.97. The molecule has 0 aromatic carbocycles. The molecule has 0 radical (unpaired) electrons. The highest BCUT2D eigenvalue weighted by Gasteiger charge is 2.12. The van der Waals surface area contributed by atoms with Gasteiger partial charge in [-0.05, 0) is 12.5 Å². The van der Waals surface area contributed by atoms with Gasteiger partial charge < -0.3 is 9.64 Å². The molecule has 0 aromatic rings. The number of ether oxygens (including phenoxy) is 1. The Hall–Kier alpha value is -0.470. The van der Waals surface area contributed by atoms with Crippen LogP contribution in [0.25, 0.3) is 0 Å². The third kappa shape index (κ3) is 2.26. The highest BCUT2D eigenvalue weighted by atomic mass is 35.5. The van der Waals surface area contributed by atoms with Crippen molar-refractivity contribution in [1.82, 2.24) is 4.90 Å². The lowest BCUT2D eigenvalue weighted by Crippen LogP contribution is -2.34. The maximum Gasteiger partial charge on any atom is 0.107 e. The number of hydrogen-bond acceptors (Lipinski definition) is 2. The molecule has 12 heavy (non-hydrogen) atoms. The van der Waals surface area contributed by atoms with Gasteiger partial charge in [0.25, 0.3) is 0 Å². The van der Waals surface area contributed by atoms with E-state index >= 15 is 0 Å². The van der Waals surface area contributed by atoms with E-state index in [4.69, 9.17) is 16.3 Å². The first kappa shape index (κ1) is 9.62. The van der Waals surface area contributed by atoms with Crippen LogP contribution in [-0.4, -0.2) is 31.2 Å². The van der Waals surface area contributed by atoms with E-state index in [0.29, 0.717) is 0 Å². The highest BCUT2D eigenvalue weighted by Crippen LogP contribution is 2.16. The summed E-state index contributed by atoms with van der Waals surface area (Å²) in [5.41, 5.74) is 1.03. The van der Waals surface area contributed by atoms with Crippen LogP contribution < -0.4 is 0 Å². The fourth-order valence-electron chi connectivity index (χ4n) is 1.09. The Morgan fingerprint density at radius 3 is 2.58 bits per heavy atom. The molecule has 3 heteroatoms. The molecule has 0 N–H and O–H groups in total. The van der Waals surface area contributed by atoms with Crippen LogP contribution in [0.1, 0.15) is 6.92 Å². The summed E-state index contributed by atoms with van der Waals surface area (Å²) >= 11 is 6.09. The Morgan fingerprint density at radius 1 is 1.50 bits per heavy atom. The second-order valence-electron chi connectivity index (χ2n) is 2.78. The van der Waals surface area contributed by atoms with Crippen molar-refractivity contribution in [3.05, 3.63) is 23.4 Å². The molecule has 0 amide bonds. The molecule has 0 spiro atoms. The van der Waals surface area contributed by atoms with Crippen molar-refractivity contribution in [2.24, 2.45) is 0 Å². The predicted molar refractivity (Wildman–Crippen MR) is 51.1 cm³/mol. The molecule has 0 unspecified atom stereocenters. The van der Waals surface area contributed by atoms with Crippen LogP contribution in [0.5, 0.6) is 0 Å². The smallest absolute Gasteiger partial charge is 0.107 e. The van der Waals surface area contributed by atoms with Crippen molar-refractivity contribution >= 4 is 11.6 Å². The molecule has 1 saturated heterocycles. The maximum absolute atomic E-state index is 6.09. The molecule has 0 atom stereocenters. The van der Waals surface area contributed by atoms with E-state index in [1.165, 1.54) is 0 Å². The number of nitrogens with zero attached hydrogens (tertiary/aromatic N) is 1. The summed E-state index contributed by atoms with van der Waals surface area (Å²) in [4.78, 5) is 2.11. The molecule has 1 heterocycles. The van der Waals surface area contributed by atoms with Gasteiger partial charge in [0.05, 0.1) is 13.2 Å². The first-order chi connectivity index (χ1) is 5.75. The lowest BCUT2D eigenvalue weighted by atomic mass is 10.3. The largest absolute Gasteiger partial charge is 0.378 e. The number of rotatable bonds is 2. The van der Waals surface area contributed by atoms with Gasteiger partial charge >= 0.3 is 0 Å². The van der Waals surface area contributed by atoms with E-state index in [-0.39, 0.29) is 0 Å². The molecular weight excluding hydrogens is 174 g/mol. The van der Waals surface area contributed by atoms with Crippen molar-refractivity contribution in [2.75, 3.05) is 26.3 Å². The summed E-state index contributed by atoms with van der Waals surface area (Å²) in [6.45, 7) is 8.93. The van der Waals surface area contributed by atoms with E-state index in [2.05, 4.69) is 11.5 Å². The normalized spacial score (nSPS) is 20.3. The van der Waals surface area contributed by atoms with Crippen LogP contribution in [0.3, 0.4) is 0 Å². The number of allylic oxidation sites excluding steroid dienone is 2. The SMILES string of the molecule is C=C/C(C)=C(\Cl)N1CCOCC1. The molecule has 0 aromatic heterocycles. The van der Waals surface area contributed by atoms with Crippen LogP contribution in [-0.2, 0) is 4.74 Å². The van der Waals surface area contributed by atoms with Gasteiger partial charge in [-0.15, -0.1) is 0 Å². The molecule has 68 valence electrons. The lowest BCUT2D eigenvalue weighted by Gasteiger charge is -2.28. The molecule has 1 fully saturated rings. The molecule has 0 aliphatic carbocycles. The maximum atomic E-state index is 6.09. The Bertz CT molecular complexity index is 195. The standard InChI is InChI=1S/C9H14ClNO/c1-3-8(2)9(10)11-4-6-12-7-5-11/h3H,1,4-7H2,2H3/b9-8+. The van der Waals surface area contributed by atoms with Gasteiger partial charge in [0.15, 0.2) is 0 Å². The Morgan fingerprint density at radius 2 is 2.08 bits per heavy atom. The van der Waals surface area contributed by atoms with Crippen LogP contribution in [0.2, 0.25) is 0 Å². The van der Waals surface area contributed by atoms with E-state index in [0.717, 1.165) is 37.0 Å². The minimum atomic E-state index is 0.765. The zero-order valence-electron chi connectivity index (χ0n) is 7.35. The van der Waals surface area contributed by atoms with E-state index in [1.54, 1.807) is 6.08 Å². The summed E-state index contributed by atoms with van der Waals surface area (Å²) in [7, 11) is 0. The number of morpholine rings is 1. The molecule has 1 aliphatic heterocycles. The average Bonchev–Trinajstić information content (AvgIpc) is 2.17. The fourth-order valence-corrected chi connectivity index (χ4v) is 1.34. The molecular formula is C9H14ClNO. The van der Waals surface area contributed by atoms with E-state index in [1.807, 2.05) is 6.92 Å². The minimum absolute atomic E-state index is 0.765. The van der Waals surface area contributed by atoms with Crippen LogP contribution in [0.15, 0.2) is 23.4 Å². The van der Waals surface area contributed by atoms with Crippen molar-refractivity contribution in [3.8, 4) is 0 Å². The van der Waals surface area contributed by atoms with Crippen molar-refractivity contribution in [3.63, 3.8) is 0 Å². The average molecular weight is 188 g/mol. The van der Waals surface area contributed by atoms with Crippen molar-refractivity contribution < 1.29 is 4.74 Å². The fraction of sp³-hybridized carbons (Fsp3) is 0.556. The van der Waals surface area contributed by atoms with Crippen molar-refractivity contribution in [2.45, 2.75) is 6.92 Å². The Labute approximate surface area is 78.5 Å². The van der Waals surface area contributed by atoms with Gasteiger partial charge in [0.1, 0.15) is 5.16 Å². The minimum Gasteiger partial charge on any atom is -0.378 e. The van der Waals surface area contributed by atoms with Gasteiger partial charge in [-0.25, -0.2) is 0 Å². The van der Waals surface area contributed by atoms with Crippen molar-refractivity contribution in [1.29, 1.82) is 0 Å². The lowest BCUT2D eigenvalue weighted by molar-refractivity contribution is 0.0569. The van der Waals surface area contributed by atoms with Gasteiger partial charge in [0.2, 0.25) is 0 Å². The highest BCUT2D eigenvalue weighted by molar-refractivity contribution is 6.29. The van der Waals surface area contributed by atoms with E-state index in [9.17, 15) is 0 Å². The third-order valence-electron chi connectivity index (χ3n) is 1.92. The summed E-state index contributed by atoms with van der Waals surface area (Å²) in [6, 6.07) is 0. The van der Waals surface area contributed by atoms with Crippen LogP contribution in [0.4, 0.5) is 0 Å². The Kier molecular flexibility index (Phi) is 3.63. The summed E-state index contributed by atoms with van der Waals surface area (Å²) in [5.74, 6) is 0. The number of hydrogen-bond donors (Lipinski definition) is 0. The quantitative estimate of drug-likeness (QED) is 0.484. The van der Waals surface area contributed by atoms with Gasteiger partial charge in [-0.1, -0.05) is 24.3 Å². The van der Waals surface area contributed by atoms with Gasteiger partial charge in [-0.3, -0.25) is 0 Å². The molecule has 2 nitrogen and oxygen atoms in total. The Balaban J connectivity index is 2.61. The van der Waals surface area contributed by atoms with Crippen LogP contribution >= 0.6 is 11.6 Å². The zero-order valence-corrected chi connectivity index (χ0v) is 8.10. The molecule has 1 rings (SSSR count). The first-order valence-electron chi connectivity index (χ1n) is 4.07. The van der Waals surface area contributed by atoms with Gasteiger partial charge in [0, 0.05) is 13.1 Å². The monoisotopic (exact) mass is 187 g/mol. The molecule has 0 saturated carbocycles. The first-order valence-corrected chi connectivity index (χ1v) is 4.45. The predicted octanol–water partition coefficient (Wildman–Crippen LogP) is 1.97.